The molecule has 5 heteroatoms. The first-order valence-corrected chi connectivity index (χ1v) is 6.07. The molecule has 0 spiro atoms. The third-order valence-corrected chi connectivity index (χ3v) is 4.08. The smallest absolute Gasteiger partial charge is 0.100 e. The van der Waals surface area contributed by atoms with Gasteiger partial charge in [0, 0.05) is 5.56 Å². The summed E-state index contributed by atoms with van der Waals surface area (Å²) in [4.78, 5) is 0. The van der Waals surface area contributed by atoms with Gasteiger partial charge in [-0.2, -0.15) is 0 Å². The zero-order valence-electron chi connectivity index (χ0n) is 7.52. The standard InChI is InChI=1S/C9H11Cl2NOS/c10-7-5-6(8(11)14-7)9(13)1-3-12-4-2-9/h5,12-13H,1-4H2. The summed E-state index contributed by atoms with van der Waals surface area (Å²) in [7, 11) is 0. The highest BCUT2D eigenvalue weighted by Crippen LogP contribution is 2.41. The molecule has 0 radical (unpaired) electrons. The molecule has 1 aromatic heterocycles. The minimum atomic E-state index is -0.786. The topological polar surface area (TPSA) is 32.3 Å². The molecule has 2 nitrogen and oxygen atoms in total. The molecule has 1 fully saturated rings. The molecule has 0 bridgehead atoms. The highest BCUT2D eigenvalue weighted by Gasteiger charge is 2.34. The normalized spacial score (nSPS) is 21.1. The zero-order valence-corrected chi connectivity index (χ0v) is 9.85. The average Bonchev–Trinajstić information content (AvgIpc) is 2.47. The molecule has 1 aliphatic heterocycles. The van der Waals surface area contributed by atoms with E-state index in [4.69, 9.17) is 23.2 Å². The van der Waals surface area contributed by atoms with Gasteiger partial charge in [-0.25, -0.2) is 0 Å². The van der Waals surface area contributed by atoms with Gasteiger partial charge in [0.15, 0.2) is 0 Å². The molecule has 14 heavy (non-hydrogen) atoms. The SMILES string of the molecule is OC1(c2cc(Cl)sc2Cl)CCNCC1. The third kappa shape index (κ3) is 1.92. The van der Waals surface area contributed by atoms with Crippen molar-refractivity contribution in [2.45, 2.75) is 18.4 Å². The summed E-state index contributed by atoms with van der Waals surface area (Å²) >= 11 is 13.2. The summed E-state index contributed by atoms with van der Waals surface area (Å²) in [5.74, 6) is 0. The lowest BCUT2D eigenvalue weighted by Gasteiger charge is -2.32. The molecule has 1 saturated heterocycles. The van der Waals surface area contributed by atoms with Crippen molar-refractivity contribution in [3.63, 3.8) is 0 Å². The van der Waals surface area contributed by atoms with Gasteiger partial charge in [0.05, 0.1) is 9.94 Å². The number of thiophene rings is 1. The number of halogens is 2. The Balaban J connectivity index is 2.32. The summed E-state index contributed by atoms with van der Waals surface area (Å²) in [6, 6.07) is 1.78. The minimum absolute atomic E-state index is 0.611. The first-order valence-electron chi connectivity index (χ1n) is 4.50. The third-order valence-electron chi connectivity index (χ3n) is 2.59. The van der Waals surface area contributed by atoms with Crippen LogP contribution < -0.4 is 5.32 Å². The lowest BCUT2D eigenvalue weighted by Crippen LogP contribution is -2.39. The van der Waals surface area contributed by atoms with Crippen molar-refractivity contribution >= 4 is 34.5 Å². The van der Waals surface area contributed by atoms with Gasteiger partial charge in [-0.05, 0) is 32.0 Å². The van der Waals surface area contributed by atoms with Crippen molar-refractivity contribution in [3.8, 4) is 0 Å². The number of nitrogens with one attached hydrogen (secondary N) is 1. The number of rotatable bonds is 1. The van der Waals surface area contributed by atoms with Crippen LogP contribution in [0.15, 0.2) is 6.07 Å². The zero-order chi connectivity index (χ0) is 10.2. The van der Waals surface area contributed by atoms with Gasteiger partial charge < -0.3 is 10.4 Å². The number of piperidine rings is 1. The van der Waals surface area contributed by atoms with Crippen molar-refractivity contribution in [1.82, 2.24) is 5.32 Å². The van der Waals surface area contributed by atoms with Gasteiger partial charge in [0.2, 0.25) is 0 Å². The van der Waals surface area contributed by atoms with E-state index in [1.54, 1.807) is 6.07 Å². The molecule has 2 heterocycles. The van der Waals surface area contributed by atoms with Crippen molar-refractivity contribution in [3.05, 3.63) is 20.3 Å². The highest BCUT2D eigenvalue weighted by atomic mass is 35.5. The predicted molar refractivity (Wildman–Crippen MR) is 60.3 cm³/mol. The Morgan fingerprint density at radius 3 is 2.50 bits per heavy atom. The van der Waals surface area contributed by atoms with Gasteiger partial charge in [-0.3, -0.25) is 0 Å². The van der Waals surface area contributed by atoms with Crippen LogP contribution in [0.25, 0.3) is 0 Å². The summed E-state index contributed by atoms with van der Waals surface area (Å²) < 4.78 is 1.25. The van der Waals surface area contributed by atoms with Crippen molar-refractivity contribution < 1.29 is 5.11 Å². The van der Waals surface area contributed by atoms with Crippen molar-refractivity contribution in [1.29, 1.82) is 0 Å². The molecule has 78 valence electrons. The van der Waals surface area contributed by atoms with E-state index in [0.717, 1.165) is 18.7 Å². The van der Waals surface area contributed by atoms with Crippen LogP contribution in [0.1, 0.15) is 18.4 Å². The van der Waals surface area contributed by atoms with Gasteiger partial charge in [0.25, 0.3) is 0 Å². The van der Waals surface area contributed by atoms with Gasteiger partial charge in [-0.15, -0.1) is 11.3 Å². The van der Waals surface area contributed by atoms with E-state index in [0.29, 0.717) is 21.5 Å². The Morgan fingerprint density at radius 1 is 1.36 bits per heavy atom. The number of hydrogen-bond acceptors (Lipinski definition) is 3. The second-order valence-corrected chi connectivity index (χ2v) is 5.81. The lowest BCUT2D eigenvalue weighted by molar-refractivity contribution is 0.00643. The van der Waals surface area contributed by atoms with E-state index in [2.05, 4.69) is 5.32 Å². The maximum Gasteiger partial charge on any atom is 0.100 e. The van der Waals surface area contributed by atoms with Crippen LogP contribution in [0.5, 0.6) is 0 Å². The summed E-state index contributed by atoms with van der Waals surface area (Å²) in [5, 5.41) is 13.6. The fourth-order valence-corrected chi connectivity index (χ4v) is 3.41. The van der Waals surface area contributed by atoms with E-state index >= 15 is 0 Å². The fourth-order valence-electron chi connectivity index (χ4n) is 1.77. The van der Waals surface area contributed by atoms with E-state index in [-0.39, 0.29) is 0 Å². The van der Waals surface area contributed by atoms with E-state index in [9.17, 15) is 5.11 Å². The molecule has 0 aromatic carbocycles. The van der Waals surface area contributed by atoms with Gasteiger partial charge in [-0.1, -0.05) is 23.2 Å². The van der Waals surface area contributed by atoms with Crippen LogP contribution in [-0.4, -0.2) is 18.2 Å². The van der Waals surface area contributed by atoms with Crippen LogP contribution in [0.4, 0.5) is 0 Å². The Morgan fingerprint density at radius 2 is 2.00 bits per heavy atom. The number of aliphatic hydroxyl groups is 1. The van der Waals surface area contributed by atoms with Crippen LogP contribution in [-0.2, 0) is 5.60 Å². The Kier molecular flexibility index (Phi) is 3.05. The quantitative estimate of drug-likeness (QED) is 0.805. The predicted octanol–water partition coefficient (Wildman–Crippen LogP) is 2.63. The molecule has 2 rings (SSSR count). The summed E-state index contributed by atoms with van der Waals surface area (Å²) in [6.45, 7) is 1.64. The maximum absolute atomic E-state index is 10.4. The Labute approximate surface area is 96.8 Å². The monoisotopic (exact) mass is 251 g/mol. The van der Waals surface area contributed by atoms with Gasteiger partial charge in [0.1, 0.15) is 4.34 Å². The second kappa shape index (κ2) is 3.99. The van der Waals surface area contributed by atoms with Crippen LogP contribution in [0.3, 0.4) is 0 Å². The number of hydrogen-bond donors (Lipinski definition) is 2. The lowest BCUT2D eigenvalue weighted by atomic mass is 9.87. The molecular formula is C9H11Cl2NOS. The molecule has 0 unspecified atom stereocenters. The molecule has 0 saturated carbocycles. The molecule has 2 N–H and O–H groups in total. The van der Waals surface area contributed by atoms with Crippen LogP contribution in [0.2, 0.25) is 8.67 Å². The highest BCUT2D eigenvalue weighted by molar-refractivity contribution is 7.20. The first kappa shape index (κ1) is 10.7. The first-order chi connectivity index (χ1) is 6.62. The fraction of sp³-hybridized carbons (Fsp3) is 0.556. The van der Waals surface area contributed by atoms with E-state index in [1.807, 2.05) is 0 Å². The molecule has 0 aliphatic carbocycles. The molecule has 1 aliphatic rings. The molecule has 1 aromatic rings. The van der Waals surface area contributed by atoms with Crippen LogP contribution >= 0.6 is 34.5 Å². The minimum Gasteiger partial charge on any atom is -0.385 e. The summed E-state index contributed by atoms with van der Waals surface area (Å²) in [6.07, 6.45) is 1.39. The molecular weight excluding hydrogens is 241 g/mol. The summed E-state index contributed by atoms with van der Waals surface area (Å²) in [5.41, 5.74) is 0.00191. The largest absolute Gasteiger partial charge is 0.385 e. The van der Waals surface area contributed by atoms with Crippen molar-refractivity contribution in [2.75, 3.05) is 13.1 Å². The molecule has 0 atom stereocenters. The van der Waals surface area contributed by atoms with Gasteiger partial charge >= 0.3 is 0 Å². The maximum atomic E-state index is 10.4. The Bertz CT molecular complexity index is 334. The van der Waals surface area contributed by atoms with E-state index in [1.165, 1.54) is 11.3 Å². The molecule has 0 amide bonds. The Hall–Kier alpha value is 0.200. The average molecular weight is 252 g/mol. The van der Waals surface area contributed by atoms with Crippen LogP contribution in [0, 0.1) is 0 Å². The van der Waals surface area contributed by atoms with E-state index < -0.39 is 5.60 Å². The van der Waals surface area contributed by atoms with Crippen molar-refractivity contribution in [2.24, 2.45) is 0 Å². The second-order valence-electron chi connectivity index (χ2n) is 3.52.